The molecule has 0 aliphatic carbocycles. The van der Waals surface area contributed by atoms with Gasteiger partial charge in [-0.1, -0.05) is 24.3 Å². The van der Waals surface area contributed by atoms with Crippen LogP contribution < -0.4 is 15.4 Å². The highest BCUT2D eigenvalue weighted by Gasteiger charge is 2.17. The number of sulfonamides is 1. The van der Waals surface area contributed by atoms with E-state index >= 15 is 0 Å². The minimum Gasteiger partial charge on any atom is -0.497 e. The van der Waals surface area contributed by atoms with Crippen molar-refractivity contribution in [3.63, 3.8) is 0 Å². The summed E-state index contributed by atoms with van der Waals surface area (Å²) in [5.74, 6) is -0.807. The van der Waals surface area contributed by atoms with Gasteiger partial charge in [0.25, 0.3) is 0 Å². The number of benzene rings is 2. The fraction of sp³-hybridized carbons (Fsp3) is 0.263. The lowest BCUT2D eigenvalue weighted by Crippen LogP contribution is -2.39. The molecule has 9 heteroatoms. The Balaban J connectivity index is 1.84. The molecule has 2 aromatic carbocycles. The van der Waals surface area contributed by atoms with E-state index in [9.17, 15) is 18.0 Å². The maximum atomic E-state index is 12.0. The van der Waals surface area contributed by atoms with Crippen LogP contribution in [0.3, 0.4) is 0 Å². The molecule has 150 valence electrons. The van der Waals surface area contributed by atoms with Gasteiger partial charge < -0.3 is 15.4 Å². The maximum absolute atomic E-state index is 12.0. The average molecular weight is 405 g/mol. The van der Waals surface area contributed by atoms with Crippen LogP contribution in [0, 0.1) is 0 Å². The number of ether oxygens (including phenoxy) is 1. The molecule has 0 bridgehead atoms. The molecule has 0 radical (unpaired) electrons. The van der Waals surface area contributed by atoms with Crippen molar-refractivity contribution in [2.75, 3.05) is 21.2 Å². The molecular weight excluding hydrogens is 382 g/mol. The van der Waals surface area contributed by atoms with Gasteiger partial charge in [0.15, 0.2) is 0 Å². The van der Waals surface area contributed by atoms with Gasteiger partial charge in [-0.05, 0) is 35.4 Å². The smallest absolute Gasteiger partial charge is 0.309 e. The monoisotopic (exact) mass is 405 g/mol. The number of carbonyl (C=O) groups is 2. The summed E-state index contributed by atoms with van der Waals surface area (Å²) in [6.45, 7) is 0.324. The minimum absolute atomic E-state index is 0.108. The Morgan fingerprint density at radius 2 is 1.29 bits per heavy atom. The molecule has 0 fully saturated rings. The number of nitrogens with zero attached hydrogens (tertiary/aromatic N) is 1. The number of carbonyl (C=O) groups excluding carboxylic acids is 2. The molecule has 0 aliphatic heterocycles. The molecular formula is C19H23N3O5S. The van der Waals surface area contributed by atoms with Crippen LogP contribution in [-0.2, 0) is 32.7 Å². The highest BCUT2D eigenvalue weighted by atomic mass is 32.2. The summed E-state index contributed by atoms with van der Waals surface area (Å²) in [6, 6.07) is 13.2. The third-order valence-electron chi connectivity index (χ3n) is 3.97. The quantitative estimate of drug-likeness (QED) is 0.666. The molecule has 2 rings (SSSR count). The number of hydrogen-bond donors (Lipinski definition) is 2. The molecule has 0 saturated carbocycles. The van der Waals surface area contributed by atoms with Crippen molar-refractivity contribution in [1.82, 2.24) is 14.9 Å². The second-order valence-corrected chi connectivity index (χ2v) is 8.30. The van der Waals surface area contributed by atoms with Crippen LogP contribution in [0.2, 0.25) is 0 Å². The van der Waals surface area contributed by atoms with Crippen molar-refractivity contribution in [2.24, 2.45) is 0 Å². The third kappa shape index (κ3) is 5.54. The van der Waals surface area contributed by atoms with E-state index in [1.807, 2.05) is 0 Å². The Morgan fingerprint density at radius 1 is 0.857 bits per heavy atom. The van der Waals surface area contributed by atoms with Crippen LogP contribution >= 0.6 is 0 Å². The van der Waals surface area contributed by atoms with Crippen LogP contribution in [0.25, 0.3) is 0 Å². The lowest BCUT2D eigenvalue weighted by molar-refractivity contribution is -0.139. The molecule has 0 unspecified atom stereocenters. The molecule has 8 nitrogen and oxygen atoms in total. The zero-order valence-corrected chi connectivity index (χ0v) is 16.7. The summed E-state index contributed by atoms with van der Waals surface area (Å²) in [5.41, 5.74) is 1.51. The highest BCUT2D eigenvalue weighted by molar-refractivity contribution is 7.89. The largest absolute Gasteiger partial charge is 0.497 e. The van der Waals surface area contributed by atoms with E-state index in [-0.39, 0.29) is 18.0 Å². The fourth-order valence-electron chi connectivity index (χ4n) is 2.26. The first-order valence-corrected chi connectivity index (χ1v) is 9.88. The van der Waals surface area contributed by atoms with Crippen LogP contribution in [0.5, 0.6) is 5.75 Å². The van der Waals surface area contributed by atoms with Gasteiger partial charge in [0.2, 0.25) is 10.0 Å². The zero-order chi connectivity index (χ0) is 20.7. The van der Waals surface area contributed by atoms with E-state index in [4.69, 9.17) is 4.74 Å². The van der Waals surface area contributed by atoms with Gasteiger partial charge >= 0.3 is 11.8 Å². The Hall–Kier alpha value is -2.91. The second kappa shape index (κ2) is 9.34. The van der Waals surface area contributed by atoms with Crippen molar-refractivity contribution in [1.29, 1.82) is 0 Å². The van der Waals surface area contributed by atoms with E-state index in [0.29, 0.717) is 11.3 Å². The maximum Gasteiger partial charge on any atom is 0.309 e. The van der Waals surface area contributed by atoms with E-state index in [1.54, 1.807) is 43.5 Å². The molecule has 0 atom stereocenters. The first-order chi connectivity index (χ1) is 13.2. The van der Waals surface area contributed by atoms with Gasteiger partial charge in [-0.15, -0.1) is 0 Å². The summed E-state index contributed by atoms with van der Waals surface area (Å²) >= 11 is 0. The summed E-state index contributed by atoms with van der Waals surface area (Å²) in [6.07, 6.45) is 0. The van der Waals surface area contributed by atoms with Crippen molar-refractivity contribution in [3.05, 3.63) is 59.7 Å². The summed E-state index contributed by atoms with van der Waals surface area (Å²) < 4.78 is 30.2. The summed E-state index contributed by atoms with van der Waals surface area (Å²) in [7, 11) is 0.968. The third-order valence-corrected chi connectivity index (χ3v) is 5.80. The van der Waals surface area contributed by atoms with E-state index in [0.717, 1.165) is 9.87 Å². The Bertz CT molecular complexity index is 923. The Kier molecular flexibility index (Phi) is 7.13. The predicted octanol–water partition coefficient (Wildman–Crippen LogP) is 0.878. The van der Waals surface area contributed by atoms with Crippen LogP contribution in [-0.4, -0.2) is 45.7 Å². The first kappa shape index (κ1) is 21.4. The minimum atomic E-state index is -3.50. The van der Waals surface area contributed by atoms with Gasteiger partial charge in [-0.25, -0.2) is 12.7 Å². The molecule has 0 aromatic heterocycles. The van der Waals surface area contributed by atoms with E-state index in [1.165, 1.54) is 26.2 Å². The topological polar surface area (TPSA) is 105 Å². The zero-order valence-electron chi connectivity index (χ0n) is 15.9. The van der Waals surface area contributed by atoms with Gasteiger partial charge in [-0.3, -0.25) is 9.59 Å². The molecule has 0 aliphatic rings. The van der Waals surface area contributed by atoms with Gasteiger partial charge in [-0.2, -0.15) is 0 Å². The van der Waals surface area contributed by atoms with E-state index < -0.39 is 21.8 Å². The van der Waals surface area contributed by atoms with Crippen LogP contribution in [0.1, 0.15) is 11.1 Å². The number of amides is 2. The van der Waals surface area contributed by atoms with Crippen molar-refractivity contribution >= 4 is 21.8 Å². The first-order valence-electron chi connectivity index (χ1n) is 8.44. The van der Waals surface area contributed by atoms with E-state index in [2.05, 4.69) is 10.6 Å². The lowest BCUT2D eigenvalue weighted by atomic mass is 10.2. The number of rotatable bonds is 7. The van der Waals surface area contributed by atoms with Gasteiger partial charge in [0.1, 0.15) is 5.75 Å². The number of nitrogens with one attached hydrogen (secondary N) is 2. The lowest BCUT2D eigenvalue weighted by Gasteiger charge is -2.12. The van der Waals surface area contributed by atoms with Gasteiger partial charge in [0.05, 0.1) is 12.0 Å². The Labute approximate surface area is 164 Å². The summed E-state index contributed by atoms with van der Waals surface area (Å²) in [4.78, 5) is 24.0. The second-order valence-electron chi connectivity index (χ2n) is 6.14. The fourth-order valence-corrected chi connectivity index (χ4v) is 3.16. The highest BCUT2D eigenvalue weighted by Crippen LogP contribution is 2.14. The Morgan fingerprint density at radius 3 is 1.68 bits per heavy atom. The predicted molar refractivity (Wildman–Crippen MR) is 104 cm³/mol. The normalized spacial score (nSPS) is 11.1. The van der Waals surface area contributed by atoms with Crippen molar-refractivity contribution in [3.8, 4) is 5.75 Å². The molecule has 0 saturated heterocycles. The summed E-state index contributed by atoms with van der Waals surface area (Å²) in [5, 5.41) is 5.04. The molecule has 2 amide bonds. The number of methoxy groups -OCH3 is 1. The average Bonchev–Trinajstić information content (AvgIpc) is 2.70. The molecule has 2 N–H and O–H groups in total. The molecule has 28 heavy (non-hydrogen) atoms. The molecule has 0 spiro atoms. The van der Waals surface area contributed by atoms with Crippen LogP contribution in [0.15, 0.2) is 53.4 Å². The molecule has 0 heterocycles. The van der Waals surface area contributed by atoms with Crippen molar-refractivity contribution < 1.29 is 22.7 Å². The SMILES string of the molecule is COc1ccc(CNC(=O)C(=O)NCc2ccc(S(=O)(=O)N(C)C)cc2)cc1. The van der Waals surface area contributed by atoms with Crippen LogP contribution in [0.4, 0.5) is 0 Å². The van der Waals surface area contributed by atoms with Gasteiger partial charge in [0, 0.05) is 27.2 Å². The number of hydrogen-bond acceptors (Lipinski definition) is 5. The van der Waals surface area contributed by atoms with Crippen molar-refractivity contribution in [2.45, 2.75) is 18.0 Å². The molecule has 2 aromatic rings. The standard InChI is InChI=1S/C19H23N3O5S/c1-22(2)28(25,26)17-10-6-15(7-11-17)13-21-19(24)18(23)20-12-14-4-8-16(27-3)9-5-14/h4-11H,12-13H2,1-3H3,(H,20,23)(H,21,24).